The Bertz CT molecular complexity index is 1850. The lowest BCUT2D eigenvalue weighted by molar-refractivity contribution is 0.0507. The molecule has 0 radical (unpaired) electrons. The molecule has 2 atom stereocenters. The van der Waals surface area contributed by atoms with E-state index in [-0.39, 0.29) is 31.3 Å². The fourth-order valence-electron chi connectivity index (χ4n) is 5.33. The summed E-state index contributed by atoms with van der Waals surface area (Å²) in [4.78, 5) is 29.9. The molecule has 1 N–H and O–H groups in total. The Morgan fingerprint density at radius 1 is 1.00 bits per heavy atom. The lowest BCUT2D eigenvalue weighted by Crippen LogP contribution is -2.40. The second-order valence-electron chi connectivity index (χ2n) is 12.9. The van der Waals surface area contributed by atoms with Crippen molar-refractivity contribution in [2.45, 2.75) is 58.1 Å². The second kappa shape index (κ2) is 14.9. The van der Waals surface area contributed by atoms with Gasteiger partial charge < -0.3 is 19.5 Å². The lowest BCUT2D eigenvalue weighted by atomic mass is 10.0. The number of nitrogens with zero attached hydrogens (tertiary/aromatic N) is 5. The van der Waals surface area contributed by atoms with E-state index < -0.39 is 31.6 Å². The van der Waals surface area contributed by atoms with Gasteiger partial charge in [-0.3, -0.25) is 14.3 Å². The minimum absolute atomic E-state index is 0.00556. The van der Waals surface area contributed by atoms with Crippen LogP contribution in [0.2, 0.25) is 25.7 Å². The van der Waals surface area contributed by atoms with Crippen molar-refractivity contribution in [3.8, 4) is 5.75 Å². The van der Waals surface area contributed by atoms with E-state index in [9.17, 15) is 14.7 Å². The molecule has 0 spiro atoms. The van der Waals surface area contributed by atoms with Gasteiger partial charge in [0.2, 0.25) is 0 Å². The van der Waals surface area contributed by atoms with Crippen LogP contribution >= 0.6 is 0 Å². The molecule has 2 aromatic heterocycles. The van der Waals surface area contributed by atoms with E-state index in [0.717, 1.165) is 28.1 Å². The highest BCUT2D eigenvalue weighted by Crippen LogP contribution is 2.29. The van der Waals surface area contributed by atoms with Crippen molar-refractivity contribution in [3.05, 3.63) is 124 Å². The second-order valence-corrected chi connectivity index (χ2v) is 18.6. The minimum Gasteiger partial charge on any atom is -0.483 e. The normalized spacial score (nSPS) is 13.0. The zero-order valence-corrected chi connectivity index (χ0v) is 28.7. The van der Waals surface area contributed by atoms with Crippen molar-refractivity contribution in [2.75, 3.05) is 13.2 Å². The summed E-state index contributed by atoms with van der Waals surface area (Å²) < 4.78 is 15.1. The highest BCUT2D eigenvalue weighted by atomic mass is 28.3. The number of fused-ring (bicyclic) bond motifs is 1. The number of amides is 1. The van der Waals surface area contributed by atoms with Gasteiger partial charge in [0.25, 0.3) is 11.3 Å². The fourth-order valence-corrected chi connectivity index (χ4v) is 6.09. The number of aliphatic hydroxyl groups excluding tert-OH is 1. The van der Waals surface area contributed by atoms with E-state index in [1.807, 2.05) is 92.8 Å². The van der Waals surface area contributed by atoms with Crippen molar-refractivity contribution < 1.29 is 19.4 Å². The Morgan fingerprint density at radius 2 is 1.70 bits per heavy atom. The van der Waals surface area contributed by atoms with Crippen molar-refractivity contribution in [1.29, 1.82) is 0 Å². The molecule has 0 saturated carbocycles. The molecule has 0 aliphatic carbocycles. The number of rotatable bonds is 14. The monoisotopic (exact) mass is 653 g/mol. The van der Waals surface area contributed by atoms with Crippen molar-refractivity contribution in [3.63, 3.8) is 0 Å². The molecule has 246 valence electrons. The molecular formula is C36H43N5O5Si. The molecular weight excluding hydrogens is 611 g/mol. The molecule has 0 aliphatic heterocycles. The Kier molecular flexibility index (Phi) is 10.7. The Labute approximate surface area is 276 Å². The average molecular weight is 654 g/mol. The molecule has 11 heteroatoms. The van der Waals surface area contributed by atoms with Crippen LogP contribution in [0.25, 0.3) is 10.9 Å². The summed E-state index contributed by atoms with van der Waals surface area (Å²) in [6.07, 6.45) is 2.12. The quantitative estimate of drug-likeness (QED) is 0.116. The first-order valence-electron chi connectivity index (χ1n) is 15.8. The molecule has 0 saturated heterocycles. The third-order valence-electron chi connectivity index (χ3n) is 8.16. The first-order valence-corrected chi connectivity index (χ1v) is 19.5. The molecule has 2 heterocycles. The Morgan fingerprint density at radius 3 is 2.40 bits per heavy atom. The van der Waals surface area contributed by atoms with Gasteiger partial charge in [-0.05, 0) is 35.7 Å². The standard InChI is InChI=1S/C36H43N5O5Si/c1-26(28-15-10-7-11-16-28)41(22-32(42)29-17-12-18-31-30(29)21-37-39(31)2)36(44)34-35(43)33(46-24-27-13-8-6-9-14-27)23-40(38-34)25-45-19-20-47(3,4)5/h6-18,21,23,26,32,42H,19-20,22,24-25H2,1-5H3/t26-,32?/m0/s1. The van der Waals surface area contributed by atoms with Gasteiger partial charge >= 0.3 is 0 Å². The highest BCUT2D eigenvalue weighted by molar-refractivity contribution is 6.76. The molecule has 10 nitrogen and oxygen atoms in total. The number of carbonyl (C=O) groups is 1. The van der Waals surface area contributed by atoms with Crippen LogP contribution in [0.5, 0.6) is 5.75 Å². The molecule has 1 amide bonds. The minimum atomic E-state index is -1.33. The zero-order valence-electron chi connectivity index (χ0n) is 27.7. The number of aromatic nitrogens is 4. The maximum atomic E-state index is 14.5. The number of hydrogen-bond donors (Lipinski definition) is 1. The van der Waals surface area contributed by atoms with E-state index in [1.165, 1.54) is 15.8 Å². The molecule has 0 fully saturated rings. The van der Waals surface area contributed by atoms with Crippen molar-refractivity contribution in [2.24, 2.45) is 7.05 Å². The number of ether oxygens (including phenoxy) is 2. The van der Waals surface area contributed by atoms with Gasteiger partial charge in [0.1, 0.15) is 13.3 Å². The van der Waals surface area contributed by atoms with Crippen LogP contribution in [0, 0.1) is 0 Å². The van der Waals surface area contributed by atoms with E-state index in [1.54, 1.807) is 10.9 Å². The summed E-state index contributed by atoms with van der Waals surface area (Å²) in [5, 5.41) is 21.2. The molecule has 0 aliphatic rings. The number of hydrogen-bond acceptors (Lipinski definition) is 7. The highest BCUT2D eigenvalue weighted by Gasteiger charge is 2.30. The maximum absolute atomic E-state index is 14.5. The third kappa shape index (κ3) is 8.42. The molecule has 5 aromatic rings. The summed E-state index contributed by atoms with van der Waals surface area (Å²) in [7, 11) is 0.505. The SMILES string of the molecule is C[C@@H](c1ccccc1)N(CC(O)c1cccc2c1cnn2C)C(=O)c1nn(COCC[Si](C)(C)C)cc(OCc2ccccc2)c1=O. The summed E-state index contributed by atoms with van der Waals surface area (Å²) in [6, 6.07) is 25.1. The largest absolute Gasteiger partial charge is 0.483 e. The molecule has 47 heavy (non-hydrogen) atoms. The van der Waals surface area contributed by atoms with E-state index in [0.29, 0.717) is 12.2 Å². The summed E-state index contributed by atoms with van der Waals surface area (Å²) in [6.45, 7) is 9.32. The summed E-state index contributed by atoms with van der Waals surface area (Å²) in [5.74, 6) is -0.626. The van der Waals surface area contributed by atoms with Gasteiger partial charge in [0.15, 0.2) is 11.4 Å². The van der Waals surface area contributed by atoms with Crippen molar-refractivity contribution in [1.82, 2.24) is 24.5 Å². The predicted octanol–water partition coefficient (Wildman–Crippen LogP) is 5.96. The van der Waals surface area contributed by atoms with Gasteiger partial charge in [-0.1, -0.05) is 92.4 Å². The van der Waals surface area contributed by atoms with Crippen LogP contribution in [0.15, 0.2) is 96.1 Å². The average Bonchev–Trinajstić information content (AvgIpc) is 3.45. The molecule has 1 unspecified atom stereocenters. The van der Waals surface area contributed by atoms with Gasteiger partial charge in [-0.15, -0.1) is 0 Å². The zero-order chi connectivity index (χ0) is 33.6. The third-order valence-corrected chi connectivity index (χ3v) is 9.86. The van der Waals surface area contributed by atoms with Crippen LogP contribution in [0.1, 0.15) is 46.2 Å². The molecule has 5 rings (SSSR count). The Hall–Kier alpha value is -4.58. The van der Waals surface area contributed by atoms with Gasteiger partial charge in [0, 0.05) is 27.1 Å². The molecule has 3 aromatic carbocycles. The summed E-state index contributed by atoms with van der Waals surface area (Å²) >= 11 is 0. The topological polar surface area (TPSA) is 112 Å². The fraction of sp³-hybridized carbons (Fsp3) is 0.333. The smallest absolute Gasteiger partial charge is 0.279 e. The number of aliphatic hydroxyl groups is 1. The Balaban J connectivity index is 1.51. The van der Waals surface area contributed by atoms with E-state index in [2.05, 4.69) is 29.8 Å². The van der Waals surface area contributed by atoms with Crippen molar-refractivity contribution >= 4 is 24.9 Å². The predicted molar refractivity (Wildman–Crippen MR) is 185 cm³/mol. The number of aryl methyl sites for hydroxylation is 1. The molecule has 0 bridgehead atoms. The van der Waals surface area contributed by atoms with Gasteiger partial charge in [-0.2, -0.15) is 10.2 Å². The van der Waals surface area contributed by atoms with Crippen LogP contribution in [0.4, 0.5) is 0 Å². The van der Waals surface area contributed by atoms with Crippen LogP contribution < -0.4 is 10.2 Å². The first-order chi connectivity index (χ1) is 22.5. The van der Waals surface area contributed by atoms with Gasteiger partial charge in [-0.25, -0.2) is 4.68 Å². The first kappa shape index (κ1) is 33.8. The van der Waals surface area contributed by atoms with E-state index >= 15 is 0 Å². The maximum Gasteiger partial charge on any atom is 0.279 e. The van der Waals surface area contributed by atoms with Crippen LogP contribution in [-0.4, -0.2) is 56.7 Å². The lowest BCUT2D eigenvalue weighted by Gasteiger charge is -2.31. The van der Waals surface area contributed by atoms with Gasteiger partial charge in [0.05, 0.1) is 36.6 Å². The van der Waals surface area contributed by atoms with Crippen LogP contribution in [0.3, 0.4) is 0 Å². The number of benzene rings is 3. The number of carbonyl (C=O) groups excluding carboxylic acids is 1. The summed E-state index contributed by atoms with van der Waals surface area (Å²) in [5.41, 5.74) is 2.28. The van der Waals surface area contributed by atoms with E-state index in [4.69, 9.17) is 9.47 Å². The van der Waals surface area contributed by atoms with Crippen LogP contribution in [-0.2, 0) is 25.1 Å².